The van der Waals surface area contributed by atoms with Crippen LogP contribution in [-0.2, 0) is 11.2 Å². The largest absolute Gasteiger partial charge is 0.391 e. The molecule has 1 saturated carbocycles. The van der Waals surface area contributed by atoms with E-state index in [9.17, 15) is 18.0 Å². The monoisotopic (exact) mass is 304 g/mol. The summed E-state index contributed by atoms with van der Waals surface area (Å²) in [7, 11) is 0. The standard InChI is InChI=1S/C15H16ClF3O/c16-13-6-1-3-10(7-13)8-14(20)11-4-2-5-12(9-11)15(17,18)19/h1,3,6-7,11-12H,2,4-5,8-9H2. The highest BCUT2D eigenvalue weighted by molar-refractivity contribution is 6.30. The number of hydrogen-bond acceptors (Lipinski definition) is 1. The van der Waals surface area contributed by atoms with Gasteiger partial charge in [0.05, 0.1) is 5.92 Å². The van der Waals surface area contributed by atoms with Crippen molar-refractivity contribution in [2.24, 2.45) is 11.8 Å². The van der Waals surface area contributed by atoms with Crippen LogP contribution in [0.3, 0.4) is 0 Å². The number of ketones is 1. The molecule has 0 radical (unpaired) electrons. The first-order chi connectivity index (χ1) is 9.36. The molecule has 0 saturated heterocycles. The topological polar surface area (TPSA) is 17.1 Å². The molecule has 2 atom stereocenters. The number of alkyl halides is 3. The van der Waals surface area contributed by atoms with Crippen LogP contribution in [0.15, 0.2) is 24.3 Å². The molecule has 1 aromatic rings. The second-order valence-corrected chi connectivity index (χ2v) is 5.81. The van der Waals surface area contributed by atoms with Crippen LogP contribution in [0, 0.1) is 11.8 Å². The Kier molecular flexibility index (Phi) is 4.74. The highest BCUT2D eigenvalue weighted by atomic mass is 35.5. The van der Waals surface area contributed by atoms with Crippen molar-refractivity contribution in [1.29, 1.82) is 0 Å². The van der Waals surface area contributed by atoms with Gasteiger partial charge in [0.25, 0.3) is 0 Å². The van der Waals surface area contributed by atoms with Gasteiger partial charge in [-0.1, -0.05) is 30.2 Å². The lowest BCUT2D eigenvalue weighted by Crippen LogP contribution is -2.32. The van der Waals surface area contributed by atoms with Crippen LogP contribution in [0.5, 0.6) is 0 Å². The van der Waals surface area contributed by atoms with Gasteiger partial charge in [-0.25, -0.2) is 0 Å². The molecule has 0 aromatic heterocycles. The lowest BCUT2D eigenvalue weighted by molar-refractivity contribution is -0.186. The van der Waals surface area contributed by atoms with Crippen LogP contribution in [0.2, 0.25) is 5.02 Å². The summed E-state index contributed by atoms with van der Waals surface area (Å²) >= 11 is 5.84. The molecule has 0 heterocycles. The Morgan fingerprint density at radius 2 is 2.05 bits per heavy atom. The van der Waals surface area contributed by atoms with Gasteiger partial charge in [-0.2, -0.15) is 13.2 Å². The Hall–Kier alpha value is -1.03. The molecule has 5 heteroatoms. The minimum Gasteiger partial charge on any atom is -0.299 e. The van der Waals surface area contributed by atoms with Crippen LogP contribution in [0.1, 0.15) is 31.2 Å². The fourth-order valence-corrected chi connectivity index (χ4v) is 2.98. The third-order valence-corrected chi connectivity index (χ3v) is 4.09. The Labute approximate surface area is 121 Å². The molecule has 0 aliphatic heterocycles. The first-order valence-corrected chi connectivity index (χ1v) is 7.08. The van der Waals surface area contributed by atoms with Crippen molar-refractivity contribution < 1.29 is 18.0 Å². The third kappa shape index (κ3) is 3.98. The molecular weight excluding hydrogens is 289 g/mol. The molecule has 110 valence electrons. The molecule has 0 bridgehead atoms. The van der Waals surface area contributed by atoms with E-state index in [1.54, 1.807) is 24.3 Å². The van der Waals surface area contributed by atoms with Crippen LogP contribution >= 0.6 is 11.6 Å². The van der Waals surface area contributed by atoms with E-state index in [1.807, 2.05) is 0 Å². The number of halogens is 4. The number of hydrogen-bond donors (Lipinski definition) is 0. The lowest BCUT2D eigenvalue weighted by Gasteiger charge is -2.29. The summed E-state index contributed by atoms with van der Waals surface area (Å²) in [5, 5.41) is 0.534. The van der Waals surface area contributed by atoms with E-state index in [4.69, 9.17) is 11.6 Å². The molecule has 0 amide bonds. The maximum absolute atomic E-state index is 12.7. The van der Waals surface area contributed by atoms with Crippen molar-refractivity contribution in [3.63, 3.8) is 0 Å². The van der Waals surface area contributed by atoms with E-state index in [1.165, 1.54) is 0 Å². The van der Waals surface area contributed by atoms with Gasteiger partial charge in [-0.15, -0.1) is 0 Å². The zero-order valence-electron chi connectivity index (χ0n) is 10.9. The normalized spacial score (nSPS) is 23.6. The number of carbonyl (C=O) groups excluding carboxylic acids is 1. The summed E-state index contributed by atoms with van der Waals surface area (Å²) in [5.74, 6) is -1.92. The minimum atomic E-state index is -4.19. The predicted molar refractivity (Wildman–Crippen MR) is 71.7 cm³/mol. The molecule has 2 unspecified atom stereocenters. The maximum atomic E-state index is 12.7. The van der Waals surface area contributed by atoms with Crippen LogP contribution in [0.25, 0.3) is 0 Å². The molecule has 1 nitrogen and oxygen atoms in total. The summed E-state index contributed by atoms with van der Waals surface area (Å²) in [6, 6.07) is 6.90. The molecule has 20 heavy (non-hydrogen) atoms. The molecule has 2 rings (SSSR count). The zero-order valence-corrected chi connectivity index (χ0v) is 11.7. The first-order valence-electron chi connectivity index (χ1n) is 6.70. The molecular formula is C15H16ClF3O. The van der Waals surface area contributed by atoms with Gasteiger partial charge in [0.1, 0.15) is 5.78 Å². The Balaban J connectivity index is 1.99. The van der Waals surface area contributed by atoms with Crippen molar-refractivity contribution in [1.82, 2.24) is 0 Å². The lowest BCUT2D eigenvalue weighted by atomic mass is 9.78. The first kappa shape index (κ1) is 15.4. The Morgan fingerprint density at radius 3 is 2.70 bits per heavy atom. The van der Waals surface area contributed by atoms with Gasteiger partial charge in [0, 0.05) is 17.4 Å². The van der Waals surface area contributed by atoms with E-state index >= 15 is 0 Å². The molecule has 1 aliphatic rings. The maximum Gasteiger partial charge on any atom is 0.391 e. The van der Waals surface area contributed by atoms with Gasteiger partial charge < -0.3 is 0 Å². The zero-order chi connectivity index (χ0) is 14.8. The summed E-state index contributed by atoms with van der Waals surface area (Å²) in [6.07, 6.45) is -2.92. The summed E-state index contributed by atoms with van der Waals surface area (Å²) in [4.78, 5) is 12.1. The summed E-state index contributed by atoms with van der Waals surface area (Å²) < 4.78 is 38.2. The fraction of sp³-hybridized carbons (Fsp3) is 0.533. The van der Waals surface area contributed by atoms with Crippen molar-refractivity contribution in [3.05, 3.63) is 34.9 Å². The van der Waals surface area contributed by atoms with E-state index in [2.05, 4.69) is 0 Å². The van der Waals surface area contributed by atoms with E-state index < -0.39 is 18.0 Å². The molecule has 0 N–H and O–H groups in total. The quantitative estimate of drug-likeness (QED) is 0.782. The van der Waals surface area contributed by atoms with E-state index in [0.29, 0.717) is 17.9 Å². The molecule has 1 aliphatic carbocycles. The van der Waals surface area contributed by atoms with Crippen molar-refractivity contribution in [2.45, 2.75) is 38.3 Å². The van der Waals surface area contributed by atoms with Gasteiger partial charge in [0.2, 0.25) is 0 Å². The number of Topliss-reactive ketones (excluding diaryl/α,β-unsaturated/α-hetero) is 1. The van der Waals surface area contributed by atoms with Crippen LogP contribution in [-0.4, -0.2) is 12.0 Å². The number of rotatable bonds is 3. The molecule has 1 aromatic carbocycles. The van der Waals surface area contributed by atoms with E-state index in [-0.39, 0.29) is 25.0 Å². The van der Waals surface area contributed by atoms with Crippen LogP contribution < -0.4 is 0 Å². The highest BCUT2D eigenvalue weighted by Crippen LogP contribution is 2.40. The second-order valence-electron chi connectivity index (χ2n) is 5.38. The predicted octanol–water partition coefficient (Wildman–Crippen LogP) is 4.82. The second kappa shape index (κ2) is 6.17. The summed E-state index contributed by atoms with van der Waals surface area (Å²) in [5.41, 5.74) is 0.761. The van der Waals surface area contributed by atoms with Gasteiger partial charge in [-0.05, 0) is 37.0 Å². The molecule has 1 fully saturated rings. The van der Waals surface area contributed by atoms with Crippen molar-refractivity contribution >= 4 is 17.4 Å². The average molecular weight is 305 g/mol. The van der Waals surface area contributed by atoms with Gasteiger partial charge in [-0.3, -0.25) is 4.79 Å². The van der Waals surface area contributed by atoms with Crippen molar-refractivity contribution in [3.8, 4) is 0 Å². The smallest absolute Gasteiger partial charge is 0.299 e. The third-order valence-electron chi connectivity index (χ3n) is 3.86. The Bertz CT molecular complexity index is 484. The minimum absolute atomic E-state index is 0.0666. The SMILES string of the molecule is O=C(Cc1cccc(Cl)c1)C1CCCC(C(F)(F)F)C1. The van der Waals surface area contributed by atoms with Crippen molar-refractivity contribution in [2.75, 3.05) is 0 Å². The number of benzene rings is 1. The molecule has 0 spiro atoms. The number of carbonyl (C=O) groups is 1. The van der Waals surface area contributed by atoms with Gasteiger partial charge >= 0.3 is 6.18 Å². The Morgan fingerprint density at radius 1 is 1.30 bits per heavy atom. The van der Waals surface area contributed by atoms with E-state index in [0.717, 1.165) is 5.56 Å². The highest BCUT2D eigenvalue weighted by Gasteiger charge is 2.43. The average Bonchev–Trinajstić information content (AvgIpc) is 2.38. The van der Waals surface area contributed by atoms with Crippen LogP contribution in [0.4, 0.5) is 13.2 Å². The van der Waals surface area contributed by atoms with Gasteiger partial charge in [0.15, 0.2) is 0 Å². The fourth-order valence-electron chi connectivity index (χ4n) is 2.77. The summed E-state index contributed by atoms with van der Waals surface area (Å²) in [6.45, 7) is 0.